The number of rotatable bonds is 7. The fourth-order valence-corrected chi connectivity index (χ4v) is 3.99. The smallest absolute Gasteiger partial charge is 0.235 e. The van der Waals surface area contributed by atoms with Crippen LogP contribution < -0.4 is 5.73 Å². The number of H-pyrrole nitrogens is 1. The third kappa shape index (κ3) is 4.34. The van der Waals surface area contributed by atoms with Crippen LogP contribution in [0.2, 0.25) is 0 Å². The van der Waals surface area contributed by atoms with Gasteiger partial charge in [0.15, 0.2) is 0 Å². The fraction of sp³-hybridized carbons (Fsp3) is 0.471. The van der Waals surface area contributed by atoms with E-state index in [9.17, 15) is 4.79 Å². The summed E-state index contributed by atoms with van der Waals surface area (Å²) < 4.78 is 0. The van der Waals surface area contributed by atoms with Gasteiger partial charge in [0.25, 0.3) is 0 Å². The number of hydrogen-bond donors (Lipinski definition) is 2. The van der Waals surface area contributed by atoms with Gasteiger partial charge in [-0.15, -0.1) is 5.10 Å². The number of aromatic amines is 1. The molecule has 1 aromatic carbocycles. The molecule has 5 nitrogen and oxygen atoms in total. The predicted octanol–water partition coefficient (Wildman–Crippen LogP) is 3.25. The summed E-state index contributed by atoms with van der Waals surface area (Å²) in [6.45, 7) is 0. The number of amides is 1. The molecule has 1 fully saturated rings. The maximum atomic E-state index is 11.7. The van der Waals surface area contributed by atoms with E-state index in [1.54, 1.807) is 0 Å². The highest BCUT2D eigenvalue weighted by molar-refractivity contribution is 8.00. The van der Waals surface area contributed by atoms with Crippen LogP contribution in [-0.2, 0) is 11.2 Å². The largest absolute Gasteiger partial charge is 0.368 e. The lowest BCUT2D eigenvalue weighted by atomic mass is 10.0. The molecular formula is C17H22N4OS. The van der Waals surface area contributed by atoms with Crippen molar-refractivity contribution in [1.82, 2.24) is 15.2 Å². The third-order valence-electron chi connectivity index (χ3n) is 4.36. The van der Waals surface area contributed by atoms with Crippen LogP contribution >= 0.6 is 11.8 Å². The van der Waals surface area contributed by atoms with E-state index in [-0.39, 0.29) is 5.91 Å². The van der Waals surface area contributed by atoms with Gasteiger partial charge in [-0.3, -0.25) is 9.89 Å². The summed E-state index contributed by atoms with van der Waals surface area (Å²) in [5.74, 6) is 1.35. The molecular weight excluding hydrogens is 308 g/mol. The summed E-state index contributed by atoms with van der Waals surface area (Å²) in [4.78, 5) is 16.3. The number of primary amides is 1. The highest BCUT2D eigenvalue weighted by atomic mass is 32.2. The van der Waals surface area contributed by atoms with Gasteiger partial charge in [0.05, 0.1) is 0 Å². The molecule has 0 aliphatic heterocycles. The van der Waals surface area contributed by atoms with Gasteiger partial charge in [-0.2, -0.15) is 0 Å². The van der Waals surface area contributed by atoms with E-state index in [1.165, 1.54) is 37.4 Å². The Kier molecular flexibility index (Phi) is 5.33. The molecule has 0 radical (unpaired) electrons. The number of carbonyl (C=O) groups is 1. The standard InChI is InChI=1S/C17H22N4OS/c18-16(22)15(13-8-2-1-3-9-13)23-17-19-14(20-21-17)11-10-12-6-4-5-7-12/h1-3,8-9,12,15H,4-7,10-11H2,(H2,18,22)(H,19,20,21)/t15-/m1/s1. The summed E-state index contributed by atoms with van der Waals surface area (Å²) in [6, 6.07) is 9.51. The first kappa shape index (κ1) is 16.1. The van der Waals surface area contributed by atoms with E-state index < -0.39 is 5.25 Å². The molecule has 1 aliphatic carbocycles. The molecule has 3 N–H and O–H groups in total. The Morgan fingerprint density at radius 3 is 2.74 bits per heavy atom. The lowest BCUT2D eigenvalue weighted by molar-refractivity contribution is -0.117. The third-order valence-corrected chi connectivity index (χ3v) is 5.49. The Bertz CT molecular complexity index is 637. The number of hydrogen-bond acceptors (Lipinski definition) is 4. The Balaban J connectivity index is 1.61. The van der Waals surface area contributed by atoms with E-state index in [0.29, 0.717) is 5.16 Å². The molecule has 1 atom stereocenters. The van der Waals surface area contributed by atoms with Gasteiger partial charge in [-0.25, -0.2) is 4.98 Å². The summed E-state index contributed by atoms with van der Waals surface area (Å²) in [5.41, 5.74) is 6.42. The van der Waals surface area contributed by atoms with Gasteiger partial charge < -0.3 is 5.73 Å². The number of carbonyl (C=O) groups excluding carboxylic acids is 1. The van der Waals surface area contributed by atoms with Gasteiger partial charge in [-0.1, -0.05) is 67.8 Å². The second-order valence-corrected chi connectivity index (χ2v) is 7.14. The average molecular weight is 330 g/mol. The van der Waals surface area contributed by atoms with Crippen molar-refractivity contribution in [2.24, 2.45) is 11.7 Å². The molecule has 6 heteroatoms. The van der Waals surface area contributed by atoms with Gasteiger partial charge in [-0.05, 0) is 17.9 Å². The van der Waals surface area contributed by atoms with Crippen LogP contribution in [0.1, 0.15) is 48.7 Å². The van der Waals surface area contributed by atoms with Crippen molar-refractivity contribution in [3.05, 3.63) is 41.7 Å². The maximum absolute atomic E-state index is 11.7. The van der Waals surface area contributed by atoms with E-state index in [1.807, 2.05) is 30.3 Å². The first-order valence-corrected chi connectivity index (χ1v) is 9.02. The minimum atomic E-state index is -0.463. The minimum absolute atomic E-state index is 0.376. The zero-order valence-electron chi connectivity index (χ0n) is 13.1. The van der Waals surface area contributed by atoms with Crippen LogP contribution in [0.15, 0.2) is 35.5 Å². The van der Waals surface area contributed by atoms with E-state index in [0.717, 1.165) is 30.1 Å². The lowest BCUT2D eigenvalue weighted by Gasteiger charge is -2.10. The minimum Gasteiger partial charge on any atom is -0.368 e. The molecule has 2 aromatic rings. The zero-order valence-corrected chi connectivity index (χ0v) is 13.9. The summed E-state index contributed by atoms with van der Waals surface area (Å²) in [6.07, 6.45) is 7.49. The van der Waals surface area contributed by atoms with Crippen LogP contribution in [0.25, 0.3) is 0 Å². The number of nitrogens with two attached hydrogens (primary N) is 1. The van der Waals surface area contributed by atoms with Gasteiger partial charge in [0.1, 0.15) is 11.1 Å². The van der Waals surface area contributed by atoms with Crippen LogP contribution in [-0.4, -0.2) is 21.1 Å². The number of benzene rings is 1. The molecule has 0 bridgehead atoms. The number of aryl methyl sites for hydroxylation is 1. The number of thioether (sulfide) groups is 1. The van der Waals surface area contributed by atoms with Crippen LogP contribution in [0.3, 0.4) is 0 Å². The molecule has 0 saturated heterocycles. The van der Waals surface area contributed by atoms with Crippen molar-refractivity contribution < 1.29 is 4.79 Å². The lowest BCUT2D eigenvalue weighted by Crippen LogP contribution is -2.19. The van der Waals surface area contributed by atoms with Crippen molar-refractivity contribution >= 4 is 17.7 Å². The van der Waals surface area contributed by atoms with Gasteiger partial charge in [0.2, 0.25) is 11.1 Å². The van der Waals surface area contributed by atoms with Crippen molar-refractivity contribution in [1.29, 1.82) is 0 Å². The number of nitrogens with zero attached hydrogens (tertiary/aromatic N) is 2. The first-order valence-electron chi connectivity index (χ1n) is 8.14. The van der Waals surface area contributed by atoms with Crippen LogP contribution in [0.5, 0.6) is 0 Å². The number of aromatic nitrogens is 3. The van der Waals surface area contributed by atoms with Crippen molar-refractivity contribution in [3.8, 4) is 0 Å². The summed E-state index contributed by atoms with van der Waals surface area (Å²) in [5, 5.41) is 7.34. The summed E-state index contributed by atoms with van der Waals surface area (Å²) >= 11 is 1.30. The molecule has 3 rings (SSSR count). The molecule has 122 valence electrons. The van der Waals surface area contributed by atoms with Crippen molar-refractivity contribution in [2.45, 2.75) is 48.9 Å². The molecule has 1 amide bonds. The second kappa shape index (κ2) is 7.64. The second-order valence-electron chi connectivity index (χ2n) is 6.06. The topological polar surface area (TPSA) is 84.7 Å². The Hall–Kier alpha value is -1.82. The fourth-order valence-electron chi connectivity index (χ4n) is 3.11. The van der Waals surface area contributed by atoms with Gasteiger partial charge in [0, 0.05) is 6.42 Å². The van der Waals surface area contributed by atoms with Crippen molar-refractivity contribution in [2.75, 3.05) is 0 Å². The maximum Gasteiger partial charge on any atom is 0.235 e. The Morgan fingerprint density at radius 2 is 2.04 bits per heavy atom. The molecule has 0 spiro atoms. The highest BCUT2D eigenvalue weighted by Gasteiger charge is 2.22. The molecule has 0 unspecified atom stereocenters. The van der Waals surface area contributed by atoms with E-state index in [4.69, 9.17) is 5.73 Å². The van der Waals surface area contributed by atoms with Crippen molar-refractivity contribution in [3.63, 3.8) is 0 Å². The molecule has 23 heavy (non-hydrogen) atoms. The quantitative estimate of drug-likeness (QED) is 0.763. The average Bonchev–Trinajstić information content (AvgIpc) is 3.23. The first-order chi connectivity index (χ1) is 11.2. The Labute approximate surface area is 140 Å². The Morgan fingerprint density at radius 1 is 1.30 bits per heavy atom. The molecule has 1 aliphatic rings. The SMILES string of the molecule is NC(=O)[C@H](Sc1n[nH]c(CCC2CCCC2)n1)c1ccccc1. The zero-order chi connectivity index (χ0) is 16.1. The predicted molar refractivity (Wildman–Crippen MR) is 90.9 cm³/mol. The normalized spacial score (nSPS) is 16.5. The van der Waals surface area contributed by atoms with Crippen LogP contribution in [0, 0.1) is 5.92 Å². The van der Waals surface area contributed by atoms with E-state index in [2.05, 4.69) is 15.2 Å². The molecule has 1 saturated carbocycles. The van der Waals surface area contributed by atoms with E-state index >= 15 is 0 Å². The molecule has 1 heterocycles. The number of nitrogens with one attached hydrogen (secondary N) is 1. The van der Waals surface area contributed by atoms with Crippen LogP contribution in [0.4, 0.5) is 0 Å². The highest BCUT2D eigenvalue weighted by Crippen LogP contribution is 2.33. The molecule has 1 aromatic heterocycles. The summed E-state index contributed by atoms with van der Waals surface area (Å²) in [7, 11) is 0. The monoisotopic (exact) mass is 330 g/mol. The van der Waals surface area contributed by atoms with Gasteiger partial charge >= 0.3 is 0 Å².